The molecule has 190 valence electrons. The summed E-state index contributed by atoms with van der Waals surface area (Å²) in [6.45, 7) is 12.3. The molecule has 1 atom stereocenters. The number of hydrogen-bond donors (Lipinski definition) is 5. The lowest BCUT2D eigenvalue weighted by Crippen LogP contribution is -2.45. The van der Waals surface area contributed by atoms with Gasteiger partial charge in [0.2, 0.25) is 0 Å². The molecule has 11 heteroatoms. The van der Waals surface area contributed by atoms with Crippen molar-refractivity contribution in [3.05, 3.63) is 29.8 Å². The summed E-state index contributed by atoms with van der Waals surface area (Å²) >= 11 is 8.38. The van der Waals surface area contributed by atoms with Gasteiger partial charge in [-0.25, -0.2) is 0 Å². The van der Waals surface area contributed by atoms with Crippen LogP contribution in [0.3, 0.4) is 0 Å². The van der Waals surface area contributed by atoms with Gasteiger partial charge in [-0.1, -0.05) is 13.8 Å². The van der Waals surface area contributed by atoms with Gasteiger partial charge in [0.25, 0.3) is 0 Å². The maximum atomic E-state index is 6.20. The average molecular weight is 510 g/mol. The van der Waals surface area contributed by atoms with E-state index < -0.39 is 11.3 Å². The Labute approximate surface area is 214 Å². The fourth-order valence-corrected chi connectivity index (χ4v) is 2.53. The molecule has 0 heterocycles. The van der Waals surface area contributed by atoms with E-state index in [1.54, 1.807) is 21.0 Å². The van der Waals surface area contributed by atoms with Gasteiger partial charge in [0, 0.05) is 26.1 Å². The Morgan fingerprint density at radius 1 is 0.971 bits per heavy atom. The van der Waals surface area contributed by atoms with Crippen LogP contribution in [0.15, 0.2) is 44.7 Å². The molecule has 1 aromatic carbocycles. The molecule has 0 bridgehead atoms. The molecular formula is C23H39N7O2S2. The van der Waals surface area contributed by atoms with Crippen molar-refractivity contribution in [3.8, 4) is 5.75 Å². The van der Waals surface area contributed by atoms with E-state index >= 15 is 0 Å². The van der Waals surface area contributed by atoms with Crippen molar-refractivity contribution in [1.82, 2.24) is 10.6 Å². The van der Waals surface area contributed by atoms with Crippen molar-refractivity contribution in [2.75, 3.05) is 20.7 Å². The smallest absolute Gasteiger partial charge is 0.179 e. The van der Waals surface area contributed by atoms with Crippen molar-refractivity contribution in [1.29, 1.82) is 0 Å². The van der Waals surface area contributed by atoms with E-state index in [2.05, 4.69) is 56.3 Å². The fourth-order valence-electron chi connectivity index (χ4n) is 2.44. The topological polar surface area (TPSA) is 118 Å². The van der Waals surface area contributed by atoms with E-state index in [-0.39, 0.29) is 5.92 Å². The third-order valence-electron chi connectivity index (χ3n) is 5.11. The lowest BCUT2D eigenvalue weighted by molar-refractivity contribution is -0.0750. The standard InChI is InChI=1S/C23H39N7O2S2/c1-15(2)23(6,24)31-14-13-22(4,5)32-18-11-9-17(10-12-18)19(28-30-21(34)26-8)16(3)27-29-20(33)25-7/h9-12,15H,13-14,24H2,1-8H3,(H2,25,29,33)(H2,26,30,34)/b27-16+,28-19-. The first kappa shape index (κ1) is 30.0. The van der Waals surface area contributed by atoms with Crippen LogP contribution >= 0.6 is 25.3 Å². The van der Waals surface area contributed by atoms with Crippen LogP contribution in [0.1, 0.15) is 53.5 Å². The summed E-state index contributed by atoms with van der Waals surface area (Å²) in [7, 11) is 3.42. The largest absolute Gasteiger partial charge is 0.488 e. The second-order valence-electron chi connectivity index (χ2n) is 8.80. The average Bonchev–Trinajstić information content (AvgIpc) is 2.77. The Morgan fingerprint density at radius 3 is 2.00 bits per heavy atom. The second-order valence-corrected chi connectivity index (χ2v) is 9.65. The SMILES string of the molecule is CN/C(S)=N/N=C(C)/C(=N/N=C(\S)NC)c1ccc(OC(C)(C)CCOC(C)(N)C(C)C)cc1. The van der Waals surface area contributed by atoms with E-state index in [1.807, 2.05) is 58.9 Å². The highest BCUT2D eigenvalue weighted by Gasteiger charge is 2.26. The molecule has 1 aromatic rings. The number of benzene rings is 1. The summed E-state index contributed by atoms with van der Waals surface area (Å²) in [4.78, 5) is 0. The molecule has 0 saturated heterocycles. The molecule has 0 saturated carbocycles. The van der Waals surface area contributed by atoms with Gasteiger partial charge >= 0.3 is 0 Å². The predicted octanol–water partition coefficient (Wildman–Crippen LogP) is 3.67. The number of nitrogens with one attached hydrogen (secondary N) is 2. The lowest BCUT2D eigenvalue weighted by atomic mass is 10.0. The number of nitrogens with two attached hydrogens (primary N) is 1. The van der Waals surface area contributed by atoms with Crippen molar-refractivity contribution >= 4 is 47.0 Å². The van der Waals surface area contributed by atoms with Gasteiger partial charge in [0.05, 0.1) is 12.3 Å². The molecule has 0 aliphatic rings. The minimum Gasteiger partial charge on any atom is -0.488 e. The normalized spacial score (nSPS) is 15.9. The zero-order valence-electron chi connectivity index (χ0n) is 21.4. The van der Waals surface area contributed by atoms with Crippen LogP contribution in [-0.2, 0) is 4.74 Å². The second kappa shape index (κ2) is 13.7. The number of ether oxygens (including phenoxy) is 2. The molecule has 0 spiro atoms. The van der Waals surface area contributed by atoms with Gasteiger partial charge in [0.15, 0.2) is 10.3 Å². The summed E-state index contributed by atoms with van der Waals surface area (Å²) in [5.74, 6) is 0.938. The quantitative estimate of drug-likeness (QED) is 0.103. The summed E-state index contributed by atoms with van der Waals surface area (Å²) in [5.41, 5.74) is 6.98. The van der Waals surface area contributed by atoms with Gasteiger partial charge in [0.1, 0.15) is 22.8 Å². The van der Waals surface area contributed by atoms with Crippen LogP contribution in [0.25, 0.3) is 0 Å². The molecule has 34 heavy (non-hydrogen) atoms. The highest BCUT2D eigenvalue weighted by atomic mass is 32.1. The predicted molar refractivity (Wildman–Crippen MR) is 150 cm³/mol. The molecule has 0 radical (unpaired) electrons. The Morgan fingerprint density at radius 2 is 1.50 bits per heavy atom. The summed E-state index contributed by atoms with van der Waals surface area (Å²) < 4.78 is 12.1. The van der Waals surface area contributed by atoms with Gasteiger partial charge in [-0.05, 0) is 57.9 Å². The minimum atomic E-state index is -0.666. The van der Waals surface area contributed by atoms with E-state index in [1.165, 1.54) is 0 Å². The number of rotatable bonds is 11. The molecule has 1 rings (SSSR count). The minimum absolute atomic E-state index is 0.214. The molecule has 0 aromatic heterocycles. The van der Waals surface area contributed by atoms with Crippen LogP contribution in [-0.4, -0.2) is 53.8 Å². The summed E-state index contributed by atoms with van der Waals surface area (Å²) in [6, 6.07) is 7.55. The lowest BCUT2D eigenvalue weighted by Gasteiger charge is -2.32. The van der Waals surface area contributed by atoms with Crippen molar-refractivity contribution in [2.24, 2.45) is 32.1 Å². The third-order valence-corrected chi connectivity index (χ3v) is 5.74. The van der Waals surface area contributed by atoms with Gasteiger partial charge in [-0.2, -0.15) is 5.10 Å². The molecule has 0 fully saturated rings. The zero-order chi connectivity index (χ0) is 25.9. The van der Waals surface area contributed by atoms with E-state index in [9.17, 15) is 0 Å². The maximum absolute atomic E-state index is 6.20. The van der Waals surface area contributed by atoms with Crippen molar-refractivity contribution < 1.29 is 9.47 Å². The first-order valence-corrected chi connectivity index (χ1v) is 11.9. The molecule has 1 unspecified atom stereocenters. The van der Waals surface area contributed by atoms with Crippen molar-refractivity contribution in [3.63, 3.8) is 0 Å². The molecule has 0 amide bonds. The van der Waals surface area contributed by atoms with Crippen molar-refractivity contribution in [2.45, 2.75) is 59.3 Å². The molecule has 0 aliphatic heterocycles. The van der Waals surface area contributed by atoms with Crippen LogP contribution < -0.4 is 21.1 Å². The Balaban J connectivity index is 3.03. The molecule has 4 N–H and O–H groups in total. The third kappa shape index (κ3) is 10.5. The van der Waals surface area contributed by atoms with Crippen LogP contribution in [0.2, 0.25) is 0 Å². The van der Waals surface area contributed by atoms with E-state index in [0.29, 0.717) is 34.8 Å². The first-order valence-electron chi connectivity index (χ1n) is 11.0. The number of hydrogen-bond acceptors (Lipinski definition) is 7. The first-order chi connectivity index (χ1) is 15.8. The Hall–Kier alpha value is -2.08. The molecule has 0 aliphatic carbocycles. The van der Waals surface area contributed by atoms with Crippen LogP contribution in [0.5, 0.6) is 5.75 Å². The van der Waals surface area contributed by atoms with E-state index in [0.717, 1.165) is 11.3 Å². The van der Waals surface area contributed by atoms with Gasteiger partial charge in [-0.3, -0.25) is 0 Å². The highest BCUT2D eigenvalue weighted by molar-refractivity contribution is 7.97. The van der Waals surface area contributed by atoms with Crippen LogP contribution in [0, 0.1) is 5.92 Å². The number of nitrogens with zero attached hydrogens (tertiary/aromatic N) is 4. The summed E-state index contributed by atoms with van der Waals surface area (Å²) in [6.07, 6.45) is 0.686. The summed E-state index contributed by atoms with van der Waals surface area (Å²) in [5, 5.41) is 22.9. The monoisotopic (exact) mass is 509 g/mol. The van der Waals surface area contributed by atoms with Gasteiger partial charge < -0.3 is 25.8 Å². The molecule has 9 nitrogen and oxygen atoms in total. The highest BCUT2D eigenvalue weighted by Crippen LogP contribution is 2.23. The Kier molecular flexibility index (Phi) is 12.1. The van der Waals surface area contributed by atoms with Gasteiger partial charge in [-0.15, -0.1) is 40.6 Å². The zero-order valence-corrected chi connectivity index (χ0v) is 23.2. The Bertz CT molecular complexity index is 908. The van der Waals surface area contributed by atoms with Crippen LogP contribution in [0.4, 0.5) is 0 Å². The molecular weight excluding hydrogens is 470 g/mol. The van der Waals surface area contributed by atoms with E-state index in [4.69, 9.17) is 15.2 Å². The fraction of sp³-hybridized carbons (Fsp3) is 0.565. The number of amidine groups is 2. The maximum Gasteiger partial charge on any atom is 0.179 e. The number of thiol groups is 2.